The van der Waals surface area contributed by atoms with Gasteiger partial charge in [-0.15, -0.1) is 0 Å². The number of rotatable bonds is 5. The van der Waals surface area contributed by atoms with Crippen LogP contribution in [0.2, 0.25) is 0 Å². The summed E-state index contributed by atoms with van der Waals surface area (Å²) in [5.74, 6) is 0.690. The molecule has 5 nitrogen and oxygen atoms in total. The molecule has 2 atom stereocenters. The third-order valence-electron chi connectivity index (χ3n) is 3.28. The molecular weight excluding hydrogens is 216 g/mol. The Balaban J connectivity index is 2.34. The molecule has 0 bridgehead atoms. The van der Waals surface area contributed by atoms with Crippen LogP contribution in [-0.4, -0.2) is 43.0 Å². The van der Waals surface area contributed by atoms with E-state index in [-0.39, 0.29) is 5.91 Å². The molecule has 1 saturated heterocycles. The number of carbonyl (C=O) groups excluding carboxylic acids is 1. The average Bonchev–Trinajstić information content (AvgIpc) is 2.32. The fraction of sp³-hybridized carbons (Fsp3) is 0.833. The van der Waals surface area contributed by atoms with Crippen LogP contribution in [0.1, 0.15) is 26.2 Å². The zero-order valence-electron chi connectivity index (χ0n) is 10.5. The second-order valence-electron chi connectivity index (χ2n) is 4.75. The molecule has 0 aromatic rings. The van der Waals surface area contributed by atoms with Gasteiger partial charge in [0.05, 0.1) is 19.0 Å². The van der Waals surface area contributed by atoms with E-state index in [1.54, 1.807) is 0 Å². The van der Waals surface area contributed by atoms with Crippen LogP contribution in [0.25, 0.3) is 0 Å². The lowest BCUT2D eigenvalue weighted by molar-refractivity contribution is -0.123. The number of nitriles is 1. The first-order valence-corrected chi connectivity index (χ1v) is 6.25. The van der Waals surface area contributed by atoms with Gasteiger partial charge in [0.15, 0.2) is 0 Å². The summed E-state index contributed by atoms with van der Waals surface area (Å²) in [5, 5.41) is 11.1. The van der Waals surface area contributed by atoms with Crippen LogP contribution in [0.15, 0.2) is 0 Å². The summed E-state index contributed by atoms with van der Waals surface area (Å²) in [6, 6.07) is 2.32. The number of nitrogens with two attached hydrogens (primary N) is 1. The van der Waals surface area contributed by atoms with Crippen LogP contribution in [0.4, 0.5) is 0 Å². The van der Waals surface area contributed by atoms with Crippen molar-refractivity contribution in [2.45, 2.75) is 32.2 Å². The Kier molecular flexibility index (Phi) is 5.95. The predicted molar refractivity (Wildman–Crippen MR) is 66.1 cm³/mol. The highest BCUT2D eigenvalue weighted by Crippen LogP contribution is 2.21. The highest BCUT2D eigenvalue weighted by molar-refractivity contribution is 5.78. The molecule has 0 saturated carbocycles. The lowest BCUT2D eigenvalue weighted by atomic mass is 9.92. The van der Waals surface area contributed by atoms with Gasteiger partial charge in [-0.25, -0.2) is 0 Å². The van der Waals surface area contributed by atoms with Gasteiger partial charge in [0.2, 0.25) is 5.91 Å². The fourth-order valence-corrected chi connectivity index (χ4v) is 2.25. The lowest BCUT2D eigenvalue weighted by Crippen LogP contribution is -2.50. The molecule has 2 unspecified atom stereocenters. The summed E-state index contributed by atoms with van der Waals surface area (Å²) in [7, 11) is 0. The van der Waals surface area contributed by atoms with Crippen molar-refractivity contribution in [3.8, 4) is 6.07 Å². The molecule has 0 aromatic heterocycles. The number of nitrogens with one attached hydrogen (secondary N) is 1. The predicted octanol–water partition coefficient (Wildman–Crippen LogP) is 0.0755. The van der Waals surface area contributed by atoms with Crippen molar-refractivity contribution < 1.29 is 4.79 Å². The maximum absolute atomic E-state index is 11.6. The highest BCUT2D eigenvalue weighted by Gasteiger charge is 2.26. The molecule has 0 aromatic carbocycles. The normalized spacial score (nSPS) is 25.2. The van der Waals surface area contributed by atoms with Gasteiger partial charge in [0.25, 0.3) is 0 Å². The van der Waals surface area contributed by atoms with Crippen LogP contribution in [-0.2, 0) is 4.79 Å². The molecule has 1 fully saturated rings. The highest BCUT2D eigenvalue weighted by atomic mass is 16.2. The van der Waals surface area contributed by atoms with Crippen LogP contribution in [0, 0.1) is 17.2 Å². The Morgan fingerprint density at radius 1 is 1.65 bits per heavy atom. The third-order valence-corrected chi connectivity index (χ3v) is 3.28. The Labute approximate surface area is 103 Å². The molecule has 96 valence electrons. The van der Waals surface area contributed by atoms with Gasteiger partial charge in [-0.2, -0.15) is 5.26 Å². The minimum atomic E-state index is -0.00625. The first-order chi connectivity index (χ1) is 8.17. The summed E-state index contributed by atoms with van der Waals surface area (Å²) < 4.78 is 0. The second kappa shape index (κ2) is 7.25. The SMILES string of the molecule is CC1CCN(CC(=O)NCCC#N)C(CN)C1. The first-order valence-electron chi connectivity index (χ1n) is 6.25. The summed E-state index contributed by atoms with van der Waals surface area (Å²) in [6.45, 7) is 4.62. The van der Waals surface area contributed by atoms with E-state index in [0.29, 0.717) is 38.0 Å². The van der Waals surface area contributed by atoms with Gasteiger partial charge in [0, 0.05) is 19.1 Å². The molecule has 1 aliphatic rings. The molecule has 5 heteroatoms. The van der Waals surface area contributed by atoms with E-state index in [4.69, 9.17) is 11.0 Å². The molecule has 0 radical (unpaired) electrons. The van der Waals surface area contributed by atoms with Crippen LogP contribution in [0.3, 0.4) is 0 Å². The largest absolute Gasteiger partial charge is 0.354 e. The number of hydrogen-bond donors (Lipinski definition) is 2. The van der Waals surface area contributed by atoms with Crippen molar-refractivity contribution in [2.75, 3.05) is 26.2 Å². The van der Waals surface area contributed by atoms with Crippen molar-refractivity contribution >= 4 is 5.91 Å². The maximum Gasteiger partial charge on any atom is 0.234 e. The van der Waals surface area contributed by atoms with Crippen LogP contribution >= 0.6 is 0 Å². The fourth-order valence-electron chi connectivity index (χ4n) is 2.25. The number of hydrogen-bond acceptors (Lipinski definition) is 4. The van der Waals surface area contributed by atoms with E-state index < -0.39 is 0 Å². The molecular formula is C12H22N4O. The molecule has 1 aliphatic heterocycles. The average molecular weight is 238 g/mol. The van der Waals surface area contributed by atoms with Crippen molar-refractivity contribution in [2.24, 2.45) is 11.7 Å². The topological polar surface area (TPSA) is 82.2 Å². The number of likely N-dealkylation sites (tertiary alicyclic amines) is 1. The van der Waals surface area contributed by atoms with Gasteiger partial charge >= 0.3 is 0 Å². The van der Waals surface area contributed by atoms with Gasteiger partial charge in [-0.3, -0.25) is 9.69 Å². The van der Waals surface area contributed by atoms with Gasteiger partial charge in [-0.05, 0) is 25.3 Å². The molecule has 1 rings (SSSR count). The molecule has 0 spiro atoms. The van der Waals surface area contributed by atoms with Crippen LogP contribution in [0.5, 0.6) is 0 Å². The van der Waals surface area contributed by atoms with E-state index in [1.165, 1.54) is 0 Å². The smallest absolute Gasteiger partial charge is 0.234 e. The summed E-state index contributed by atoms with van der Waals surface area (Å²) in [6.07, 6.45) is 2.56. The van der Waals surface area contributed by atoms with Gasteiger partial charge < -0.3 is 11.1 Å². The van der Waals surface area contributed by atoms with Crippen molar-refractivity contribution in [3.63, 3.8) is 0 Å². The Morgan fingerprint density at radius 2 is 2.41 bits per heavy atom. The Morgan fingerprint density at radius 3 is 3.06 bits per heavy atom. The summed E-state index contributed by atoms with van der Waals surface area (Å²) >= 11 is 0. The first kappa shape index (κ1) is 13.9. The number of carbonyl (C=O) groups is 1. The van der Waals surface area contributed by atoms with Crippen molar-refractivity contribution in [3.05, 3.63) is 0 Å². The number of amides is 1. The Hall–Kier alpha value is -1.12. The number of piperidine rings is 1. The molecule has 1 amide bonds. The zero-order valence-corrected chi connectivity index (χ0v) is 10.5. The molecule has 17 heavy (non-hydrogen) atoms. The van der Waals surface area contributed by atoms with E-state index >= 15 is 0 Å². The molecule has 1 heterocycles. The van der Waals surface area contributed by atoms with E-state index in [2.05, 4.69) is 17.1 Å². The minimum Gasteiger partial charge on any atom is -0.354 e. The molecule has 0 aliphatic carbocycles. The van der Waals surface area contributed by atoms with Crippen molar-refractivity contribution in [1.29, 1.82) is 5.26 Å². The summed E-state index contributed by atoms with van der Waals surface area (Å²) in [5.41, 5.74) is 5.74. The van der Waals surface area contributed by atoms with Gasteiger partial charge in [0.1, 0.15) is 0 Å². The van der Waals surface area contributed by atoms with Gasteiger partial charge in [-0.1, -0.05) is 6.92 Å². The Bertz CT molecular complexity index is 287. The third kappa shape index (κ3) is 4.72. The maximum atomic E-state index is 11.6. The van der Waals surface area contributed by atoms with Crippen LogP contribution < -0.4 is 11.1 Å². The summed E-state index contributed by atoms with van der Waals surface area (Å²) in [4.78, 5) is 13.8. The molecule has 3 N–H and O–H groups in total. The second-order valence-corrected chi connectivity index (χ2v) is 4.75. The minimum absolute atomic E-state index is 0.00625. The lowest BCUT2D eigenvalue weighted by Gasteiger charge is -2.37. The van der Waals surface area contributed by atoms with E-state index in [1.807, 2.05) is 6.07 Å². The van der Waals surface area contributed by atoms with E-state index in [0.717, 1.165) is 19.4 Å². The van der Waals surface area contributed by atoms with Crippen molar-refractivity contribution in [1.82, 2.24) is 10.2 Å². The quantitative estimate of drug-likeness (QED) is 0.664. The monoisotopic (exact) mass is 238 g/mol. The standard InChI is InChI=1S/C12H22N4O/c1-10-3-6-16(11(7-10)8-14)9-12(17)15-5-2-4-13/h10-11H,2-3,5-9,14H2,1H3,(H,15,17). The zero-order chi connectivity index (χ0) is 12.7. The number of nitrogens with zero attached hydrogens (tertiary/aromatic N) is 2. The van der Waals surface area contributed by atoms with E-state index in [9.17, 15) is 4.79 Å².